The number of esters is 1. The summed E-state index contributed by atoms with van der Waals surface area (Å²) in [7, 11) is 5.19. The molecule has 86 valence electrons. The molecule has 0 saturated carbocycles. The largest absolute Gasteiger partial charge is 0.477 e. The van der Waals surface area contributed by atoms with Gasteiger partial charge in [0.2, 0.25) is 6.04 Å². The number of carboxylic acids is 1. The van der Waals surface area contributed by atoms with E-state index in [4.69, 9.17) is 9.84 Å². The fraction of sp³-hybridized carbons (Fsp3) is 0.600. The summed E-state index contributed by atoms with van der Waals surface area (Å²) in [6.07, 6.45) is 0. The van der Waals surface area contributed by atoms with E-state index < -0.39 is 18.0 Å². The van der Waals surface area contributed by atoms with Gasteiger partial charge in [-0.15, -0.1) is 0 Å². The Balaban J connectivity index is 4.40. The van der Waals surface area contributed by atoms with Crippen molar-refractivity contribution in [2.24, 2.45) is 0 Å². The zero-order valence-electron chi connectivity index (χ0n) is 9.61. The molecule has 1 unspecified atom stereocenters. The number of quaternary nitrogens is 1. The lowest BCUT2D eigenvalue weighted by molar-refractivity contribution is -0.887. The lowest BCUT2D eigenvalue weighted by Crippen LogP contribution is -2.52. The molecule has 0 rings (SSSR count). The van der Waals surface area contributed by atoms with Gasteiger partial charge in [-0.2, -0.15) is 0 Å². The van der Waals surface area contributed by atoms with E-state index in [2.05, 4.69) is 6.58 Å². The third kappa shape index (κ3) is 4.60. The molecule has 0 heterocycles. The zero-order valence-corrected chi connectivity index (χ0v) is 9.61. The molecule has 5 heteroatoms. The van der Waals surface area contributed by atoms with Crippen molar-refractivity contribution in [1.82, 2.24) is 0 Å². The Hall–Kier alpha value is -1.36. The molecule has 0 amide bonds. The molecule has 0 radical (unpaired) electrons. The minimum Gasteiger partial charge on any atom is -0.477 e. The Morgan fingerprint density at radius 2 is 1.87 bits per heavy atom. The quantitative estimate of drug-likeness (QED) is 0.407. The van der Waals surface area contributed by atoms with Crippen molar-refractivity contribution in [3.63, 3.8) is 0 Å². The summed E-state index contributed by atoms with van der Waals surface area (Å²) in [6, 6.07) is -0.770. The van der Waals surface area contributed by atoms with Gasteiger partial charge < -0.3 is 14.3 Å². The number of nitrogens with zero attached hydrogens (tertiary/aromatic N) is 1. The Bertz CT molecular complexity index is 278. The van der Waals surface area contributed by atoms with Crippen LogP contribution in [0.2, 0.25) is 0 Å². The van der Waals surface area contributed by atoms with Crippen molar-refractivity contribution >= 4 is 11.9 Å². The Kier molecular flexibility index (Phi) is 4.48. The maximum absolute atomic E-state index is 11.1. The number of carbonyl (C=O) groups is 2. The summed E-state index contributed by atoms with van der Waals surface area (Å²) in [4.78, 5) is 22.0. The number of aliphatic carboxylic acids is 1. The number of carboxylic acid groups (broad SMARTS) is 1. The monoisotopic (exact) mass is 216 g/mol. The van der Waals surface area contributed by atoms with Crippen LogP contribution in [0.3, 0.4) is 0 Å². The average molecular weight is 216 g/mol. The van der Waals surface area contributed by atoms with Crippen LogP contribution in [0.4, 0.5) is 0 Å². The minimum absolute atomic E-state index is 0.148. The predicted octanol–water partition coefficient (Wildman–Crippen LogP) is 0.265. The number of ether oxygens (including phenoxy) is 1. The molecule has 1 N–H and O–H groups in total. The van der Waals surface area contributed by atoms with Gasteiger partial charge in [0, 0.05) is 5.57 Å². The number of likely N-dealkylation sites (N-methyl/N-ethyl adjacent to an activating group) is 1. The maximum Gasteiger partial charge on any atom is 0.366 e. The first kappa shape index (κ1) is 13.6. The number of carbonyl (C=O) groups excluding carboxylic acids is 1. The second kappa shape index (κ2) is 4.93. The molecule has 0 saturated heterocycles. The molecule has 0 fully saturated rings. The van der Waals surface area contributed by atoms with Crippen LogP contribution in [-0.2, 0) is 14.3 Å². The second-order valence-electron chi connectivity index (χ2n) is 4.35. The van der Waals surface area contributed by atoms with Crippen LogP contribution in [0.5, 0.6) is 0 Å². The van der Waals surface area contributed by atoms with E-state index in [0.717, 1.165) is 0 Å². The zero-order chi connectivity index (χ0) is 12.2. The van der Waals surface area contributed by atoms with Crippen molar-refractivity contribution in [3.05, 3.63) is 12.2 Å². The Morgan fingerprint density at radius 1 is 1.40 bits per heavy atom. The van der Waals surface area contributed by atoms with Crippen molar-refractivity contribution in [2.75, 3.05) is 27.7 Å². The summed E-state index contributed by atoms with van der Waals surface area (Å²) >= 11 is 0. The van der Waals surface area contributed by atoms with E-state index in [1.54, 1.807) is 21.1 Å². The van der Waals surface area contributed by atoms with Crippen LogP contribution < -0.4 is 0 Å². The third-order valence-electron chi connectivity index (χ3n) is 1.94. The van der Waals surface area contributed by atoms with E-state index in [9.17, 15) is 9.59 Å². The minimum atomic E-state index is -0.989. The molecule has 0 aromatic heterocycles. The molecular formula is C10H18NO4+. The first-order valence-electron chi connectivity index (χ1n) is 4.52. The van der Waals surface area contributed by atoms with E-state index in [1.165, 1.54) is 6.92 Å². The van der Waals surface area contributed by atoms with E-state index in [0.29, 0.717) is 0 Å². The van der Waals surface area contributed by atoms with Gasteiger partial charge in [0.25, 0.3) is 0 Å². The normalized spacial score (nSPS) is 13.1. The van der Waals surface area contributed by atoms with Gasteiger partial charge in [0.15, 0.2) is 6.61 Å². The van der Waals surface area contributed by atoms with Gasteiger partial charge in [-0.1, -0.05) is 6.58 Å². The molecular weight excluding hydrogens is 198 g/mol. The molecule has 0 aromatic carbocycles. The van der Waals surface area contributed by atoms with Crippen molar-refractivity contribution < 1.29 is 23.9 Å². The molecule has 0 spiro atoms. The second-order valence-corrected chi connectivity index (χ2v) is 4.35. The molecule has 0 aliphatic carbocycles. The van der Waals surface area contributed by atoms with Crippen molar-refractivity contribution in [3.8, 4) is 0 Å². The number of hydrogen-bond donors (Lipinski definition) is 1. The molecule has 0 aliphatic heterocycles. The summed E-state index contributed by atoms with van der Waals surface area (Å²) in [5.74, 6) is -1.55. The molecule has 1 atom stereocenters. The lowest BCUT2D eigenvalue weighted by Gasteiger charge is -2.30. The highest BCUT2D eigenvalue weighted by molar-refractivity contribution is 5.87. The lowest BCUT2D eigenvalue weighted by atomic mass is 10.2. The molecule has 15 heavy (non-hydrogen) atoms. The average Bonchev–Trinajstić information content (AvgIpc) is 2.00. The van der Waals surface area contributed by atoms with Gasteiger partial charge >= 0.3 is 11.9 Å². The van der Waals surface area contributed by atoms with Crippen LogP contribution in [-0.4, -0.2) is 55.3 Å². The topological polar surface area (TPSA) is 63.6 Å². The first-order chi connectivity index (χ1) is 6.66. The van der Waals surface area contributed by atoms with Gasteiger partial charge in [-0.3, -0.25) is 0 Å². The fourth-order valence-electron chi connectivity index (χ4n) is 0.904. The summed E-state index contributed by atoms with van der Waals surface area (Å²) < 4.78 is 5.01. The van der Waals surface area contributed by atoms with Gasteiger partial charge in [0.05, 0.1) is 21.1 Å². The third-order valence-corrected chi connectivity index (χ3v) is 1.94. The summed E-state index contributed by atoms with van der Waals surface area (Å²) in [5, 5.41) is 8.93. The van der Waals surface area contributed by atoms with Crippen LogP contribution in [0.25, 0.3) is 0 Å². The van der Waals surface area contributed by atoms with Crippen molar-refractivity contribution in [2.45, 2.75) is 13.0 Å². The Morgan fingerprint density at radius 3 is 2.13 bits per heavy atom. The highest BCUT2D eigenvalue weighted by atomic mass is 16.5. The first-order valence-corrected chi connectivity index (χ1v) is 4.52. The van der Waals surface area contributed by atoms with Crippen LogP contribution >= 0.6 is 0 Å². The number of hydrogen-bond acceptors (Lipinski definition) is 3. The summed E-state index contributed by atoms with van der Waals surface area (Å²) in [6.45, 7) is 4.78. The van der Waals surface area contributed by atoms with Crippen molar-refractivity contribution in [1.29, 1.82) is 0 Å². The van der Waals surface area contributed by atoms with Crippen LogP contribution in [0.15, 0.2) is 12.2 Å². The van der Waals surface area contributed by atoms with Crippen LogP contribution in [0, 0.1) is 0 Å². The van der Waals surface area contributed by atoms with E-state index in [1.807, 2.05) is 0 Å². The number of rotatable bonds is 5. The van der Waals surface area contributed by atoms with Gasteiger partial charge in [-0.25, -0.2) is 9.59 Å². The summed E-state index contributed by atoms with van der Waals surface area (Å²) in [5.41, 5.74) is 0.264. The smallest absolute Gasteiger partial charge is 0.366 e. The highest BCUT2D eigenvalue weighted by Gasteiger charge is 2.32. The maximum atomic E-state index is 11.1. The Labute approximate surface area is 89.5 Å². The van der Waals surface area contributed by atoms with E-state index >= 15 is 0 Å². The highest BCUT2D eigenvalue weighted by Crippen LogP contribution is 2.05. The fourth-order valence-corrected chi connectivity index (χ4v) is 0.904. The standard InChI is InChI=1S/C10H17NO4/c1-7(2)10(14)15-6-8(9(12)13)11(3,4)5/h8H,1,6H2,2-5H3/p+1. The van der Waals surface area contributed by atoms with Gasteiger partial charge in [0.1, 0.15) is 0 Å². The molecule has 0 aromatic rings. The molecule has 5 nitrogen and oxygen atoms in total. The predicted molar refractivity (Wildman–Crippen MR) is 55.2 cm³/mol. The van der Waals surface area contributed by atoms with E-state index in [-0.39, 0.29) is 16.7 Å². The van der Waals surface area contributed by atoms with Gasteiger partial charge in [-0.05, 0) is 6.92 Å². The molecule has 0 bridgehead atoms. The van der Waals surface area contributed by atoms with Crippen LogP contribution in [0.1, 0.15) is 6.92 Å². The SMILES string of the molecule is C=C(C)C(=O)OCC(C(=O)O)[N+](C)(C)C. The molecule has 0 aliphatic rings.